The van der Waals surface area contributed by atoms with Crippen molar-refractivity contribution >= 4 is 32.1 Å². The number of piperidine rings is 1. The molecule has 2 aromatic rings. The highest BCUT2D eigenvalue weighted by Gasteiger charge is 2.31. The predicted molar refractivity (Wildman–Crippen MR) is 98.6 cm³/mol. The van der Waals surface area contributed by atoms with Gasteiger partial charge in [-0.3, -0.25) is 4.98 Å². The van der Waals surface area contributed by atoms with Crippen LogP contribution in [0, 0.1) is 5.92 Å². The standard InChI is InChI=1S/C18H23N3O3S/c19-14-11-20-15-1-2-16-13(6-10-25(16,23)24)17(15)18(14)21-7-3-12(4-8-21)5-9-22/h1-2,11-12,22H,3-10,19H2. The van der Waals surface area contributed by atoms with Crippen molar-refractivity contribution in [1.82, 2.24) is 4.98 Å². The van der Waals surface area contributed by atoms with Gasteiger partial charge in [-0.15, -0.1) is 0 Å². The summed E-state index contributed by atoms with van der Waals surface area (Å²) in [6, 6.07) is 3.47. The maximum atomic E-state index is 12.3. The van der Waals surface area contributed by atoms with E-state index in [1.807, 2.05) is 0 Å². The third kappa shape index (κ3) is 2.75. The zero-order valence-electron chi connectivity index (χ0n) is 14.1. The van der Waals surface area contributed by atoms with Crippen LogP contribution in [-0.2, 0) is 16.3 Å². The molecular weight excluding hydrogens is 338 g/mol. The van der Waals surface area contributed by atoms with E-state index in [1.165, 1.54) is 0 Å². The van der Waals surface area contributed by atoms with Gasteiger partial charge in [0.25, 0.3) is 0 Å². The minimum absolute atomic E-state index is 0.161. The first kappa shape index (κ1) is 16.6. The lowest BCUT2D eigenvalue weighted by Gasteiger charge is -2.35. The van der Waals surface area contributed by atoms with Crippen LogP contribution in [0.5, 0.6) is 0 Å². The first-order chi connectivity index (χ1) is 12.0. The van der Waals surface area contributed by atoms with Gasteiger partial charge in [0.05, 0.1) is 33.7 Å². The summed E-state index contributed by atoms with van der Waals surface area (Å²) in [5.74, 6) is 0.704. The van der Waals surface area contributed by atoms with Crippen molar-refractivity contribution in [2.45, 2.75) is 30.6 Å². The lowest BCUT2D eigenvalue weighted by Crippen LogP contribution is -2.34. The van der Waals surface area contributed by atoms with Crippen LogP contribution >= 0.6 is 0 Å². The Morgan fingerprint density at radius 2 is 2.04 bits per heavy atom. The smallest absolute Gasteiger partial charge is 0.179 e. The minimum atomic E-state index is -3.19. The third-order valence-electron chi connectivity index (χ3n) is 5.52. The van der Waals surface area contributed by atoms with Crippen LogP contribution in [0.3, 0.4) is 0 Å². The number of sulfone groups is 1. The molecule has 1 fully saturated rings. The molecule has 1 aromatic carbocycles. The molecule has 1 aromatic heterocycles. The highest BCUT2D eigenvalue weighted by Crippen LogP contribution is 2.41. The molecule has 3 N–H and O–H groups in total. The molecule has 0 bridgehead atoms. The molecule has 0 radical (unpaired) electrons. The Balaban J connectivity index is 1.82. The van der Waals surface area contributed by atoms with Gasteiger partial charge in [-0.1, -0.05) is 0 Å². The molecule has 0 spiro atoms. The van der Waals surface area contributed by atoms with E-state index >= 15 is 0 Å². The highest BCUT2D eigenvalue weighted by atomic mass is 32.2. The molecule has 6 nitrogen and oxygen atoms in total. The summed E-state index contributed by atoms with van der Waals surface area (Å²) >= 11 is 0. The molecule has 4 rings (SSSR count). The topological polar surface area (TPSA) is 96.5 Å². The van der Waals surface area contributed by atoms with Gasteiger partial charge in [-0.2, -0.15) is 0 Å². The molecule has 2 aliphatic rings. The molecule has 0 aliphatic carbocycles. The molecule has 0 atom stereocenters. The van der Waals surface area contributed by atoms with E-state index in [9.17, 15) is 8.42 Å². The number of fused-ring (bicyclic) bond motifs is 3. The van der Waals surface area contributed by atoms with Crippen LogP contribution < -0.4 is 10.6 Å². The lowest BCUT2D eigenvalue weighted by molar-refractivity contribution is 0.240. The van der Waals surface area contributed by atoms with Crippen LogP contribution in [-0.4, -0.2) is 44.0 Å². The molecule has 0 amide bonds. The molecular formula is C18H23N3O3S. The Morgan fingerprint density at radius 1 is 1.28 bits per heavy atom. The van der Waals surface area contributed by atoms with Gasteiger partial charge >= 0.3 is 0 Å². The lowest BCUT2D eigenvalue weighted by atomic mass is 9.93. The molecule has 3 heterocycles. The van der Waals surface area contributed by atoms with E-state index in [1.54, 1.807) is 18.3 Å². The van der Waals surface area contributed by atoms with Gasteiger partial charge in [0.2, 0.25) is 0 Å². The van der Waals surface area contributed by atoms with Crippen LogP contribution in [0.25, 0.3) is 10.9 Å². The Bertz CT molecular complexity index is 919. The maximum Gasteiger partial charge on any atom is 0.179 e. The minimum Gasteiger partial charge on any atom is -0.396 e. The van der Waals surface area contributed by atoms with Gasteiger partial charge in [0.1, 0.15) is 0 Å². The number of nitrogens with zero attached hydrogens (tertiary/aromatic N) is 2. The van der Waals surface area contributed by atoms with E-state index in [0.717, 1.165) is 54.5 Å². The fourth-order valence-corrected chi connectivity index (χ4v) is 5.73. The van der Waals surface area contributed by atoms with E-state index in [4.69, 9.17) is 10.8 Å². The number of anilines is 2. The number of aromatic nitrogens is 1. The first-order valence-electron chi connectivity index (χ1n) is 8.80. The first-order valence-corrected chi connectivity index (χ1v) is 10.4. The average Bonchev–Trinajstić information content (AvgIpc) is 2.91. The van der Waals surface area contributed by atoms with Crippen LogP contribution in [0.2, 0.25) is 0 Å². The van der Waals surface area contributed by atoms with Gasteiger partial charge in [0, 0.05) is 25.1 Å². The number of hydrogen-bond acceptors (Lipinski definition) is 6. The monoisotopic (exact) mass is 361 g/mol. The number of nitrogen functional groups attached to an aromatic ring is 1. The number of benzene rings is 1. The van der Waals surface area contributed by atoms with Crippen molar-refractivity contribution in [3.8, 4) is 0 Å². The fourth-order valence-electron chi connectivity index (χ4n) is 4.19. The van der Waals surface area contributed by atoms with Crippen molar-refractivity contribution in [3.63, 3.8) is 0 Å². The van der Waals surface area contributed by atoms with Gasteiger partial charge in [-0.05, 0) is 49.3 Å². The third-order valence-corrected chi connectivity index (χ3v) is 7.32. The highest BCUT2D eigenvalue weighted by molar-refractivity contribution is 7.91. The molecule has 2 aliphatic heterocycles. The van der Waals surface area contributed by atoms with Gasteiger partial charge in [0.15, 0.2) is 9.84 Å². The Hall–Kier alpha value is -1.86. The summed E-state index contributed by atoms with van der Waals surface area (Å²) in [4.78, 5) is 7.12. The van der Waals surface area contributed by atoms with E-state index < -0.39 is 9.84 Å². The second kappa shape index (κ2) is 6.14. The maximum absolute atomic E-state index is 12.3. The second-order valence-corrected chi connectivity index (χ2v) is 9.09. The quantitative estimate of drug-likeness (QED) is 0.864. The molecule has 25 heavy (non-hydrogen) atoms. The van der Waals surface area contributed by atoms with E-state index in [2.05, 4.69) is 9.88 Å². The normalized spacial score (nSPS) is 20.1. The molecule has 1 saturated heterocycles. The number of nitrogens with two attached hydrogens (primary N) is 1. The van der Waals surface area contributed by atoms with Crippen molar-refractivity contribution in [2.24, 2.45) is 5.92 Å². The number of pyridine rings is 1. The molecule has 7 heteroatoms. The SMILES string of the molecule is Nc1cnc2ccc3c(c2c1N1CCC(CCO)CC1)CCS3(=O)=O. The molecule has 134 valence electrons. The predicted octanol–water partition coefficient (Wildman–Crippen LogP) is 1.75. The summed E-state index contributed by atoms with van der Waals surface area (Å²) in [5.41, 5.74) is 9.48. The molecule has 0 saturated carbocycles. The molecule has 0 unspecified atom stereocenters. The fraction of sp³-hybridized carbons (Fsp3) is 0.500. The largest absolute Gasteiger partial charge is 0.396 e. The number of hydrogen-bond donors (Lipinski definition) is 2. The van der Waals surface area contributed by atoms with Crippen molar-refractivity contribution in [1.29, 1.82) is 0 Å². The summed E-state index contributed by atoms with van der Waals surface area (Å²) < 4.78 is 24.6. The Morgan fingerprint density at radius 3 is 2.76 bits per heavy atom. The number of aryl methyl sites for hydroxylation is 1. The summed E-state index contributed by atoms with van der Waals surface area (Å²) in [5, 5.41) is 10.0. The second-order valence-electron chi connectivity index (χ2n) is 7.01. The summed E-state index contributed by atoms with van der Waals surface area (Å²) in [6.45, 7) is 1.96. The summed E-state index contributed by atoms with van der Waals surface area (Å²) in [6.07, 6.45) is 5.06. The number of rotatable bonds is 3. The zero-order chi connectivity index (χ0) is 17.6. The number of aliphatic hydroxyl groups is 1. The van der Waals surface area contributed by atoms with Crippen molar-refractivity contribution in [3.05, 3.63) is 23.9 Å². The number of aliphatic hydroxyl groups excluding tert-OH is 1. The van der Waals surface area contributed by atoms with Crippen LogP contribution in [0.1, 0.15) is 24.8 Å². The van der Waals surface area contributed by atoms with Crippen molar-refractivity contribution < 1.29 is 13.5 Å². The van der Waals surface area contributed by atoms with Gasteiger partial charge < -0.3 is 15.7 Å². The van der Waals surface area contributed by atoms with E-state index in [-0.39, 0.29) is 12.4 Å². The zero-order valence-corrected chi connectivity index (χ0v) is 14.9. The summed E-state index contributed by atoms with van der Waals surface area (Å²) in [7, 11) is -3.19. The van der Waals surface area contributed by atoms with Crippen molar-refractivity contribution in [2.75, 3.05) is 36.1 Å². The van der Waals surface area contributed by atoms with E-state index in [0.29, 0.717) is 22.9 Å². The Labute approximate surface area is 147 Å². The van der Waals surface area contributed by atoms with Gasteiger partial charge in [-0.25, -0.2) is 8.42 Å². The Kier molecular flexibility index (Phi) is 4.08. The average molecular weight is 361 g/mol. The van der Waals surface area contributed by atoms with Crippen LogP contribution in [0.15, 0.2) is 23.2 Å². The van der Waals surface area contributed by atoms with Crippen LogP contribution in [0.4, 0.5) is 11.4 Å².